The summed E-state index contributed by atoms with van der Waals surface area (Å²) >= 11 is 3.37. The van der Waals surface area contributed by atoms with Gasteiger partial charge in [-0.15, -0.1) is 0 Å². The molecule has 2 N–H and O–H groups in total. The fourth-order valence-electron chi connectivity index (χ4n) is 1.28. The molecule has 0 aliphatic carbocycles. The highest BCUT2D eigenvalue weighted by Gasteiger charge is 2.07. The molecule has 0 spiro atoms. The van der Waals surface area contributed by atoms with E-state index in [0.717, 1.165) is 10.2 Å². The van der Waals surface area contributed by atoms with E-state index in [0.29, 0.717) is 5.82 Å². The number of hydrogen-bond donors (Lipinski definition) is 1. The fraction of sp³-hybridized carbons (Fsp3) is 0. The fourth-order valence-corrected chi connectivity index (χ4v) is 1.66. The smallest absolute Gasteiger partial charge is 0.182 e. The first kappa shape index (κ1) is 9.74. The van der Waals surface area contributed by atoms with Crippen molar-refractivity contribution in [2.45, 2.75) is 0 Å². The molecule has 4 nitrogen and oxygen atoms in total. The van der Waals surface area contributed by atoms with Gasteiger partial charge in [0.25, 0.3) is 0 Å². The van der Waals surface area contributed by atoms with Crippen LogP contribution in [0.15, 0.2) is 35.1 Å². The topological polar surface area (TPSA) is 67.6 Å². The maximum absolute atomic E-state index is 8.72. The molecule has 2 rings (SSSR count). The zero-order chi connectivity index (χ0) is 10.8. The van der Waals surface area contributed by atoms with Gasteiger partial charge in [0.05, 0.1) is 0 Å². The Morgan fingerprint density at radius 1 is 1.47 bits per heavy atom. The first-order valence-corrected chi connectivity index (χ1v) is 5.00. The third-order valence-electron chi connectivity index (χ3n) is 2.00. The van der Waals surface area contributed by atoms with Gasteiger partial charge in [-0.3, -0.25) is 4.57 Å². The van der Waals surface area contributed by atoms with Crippen molar-refractivity contribution in [2.24, 2.45) is 0 Å². The number of aromatic nitrogens is 2. The van der Waals surface area contributed by atoms with Gasteiger partial charge in [0.1, 0.15) is 18.2 Å². The molecule has 2 aromatic rings. The van der Waals surface area contributed by atoms with Crippen molar-refractivity contribution < 1.29 is 0 Å². The second-order valence-corrected chi connectivity index (χ2v) is 3.86. The summed E-state index contributed by atoms with van der Waals surface area (Å²) in [5.74, 6) is 0.357. The Kier molecular flexibility index (Phi) is 2.44. The Morgan fingerprint density at radius 2 is 2.27 bits per heavy atom. The number of anilines is 1. The molecule has 0 atom stereocenters. The molecule has 0 saturated heterocycles. The van der Waals surface area contributed by atoms with Crippen molar-refractivity contribution in [2.75, 3.05) is 5.73 Å². The average Bonchev–Trinajstić information content (AvgIpc) is 2.59. The number of nitriles is 1. The summed E-state index contributed by atoms with van der Waals surface area (Å²) in [6, 6.07) is 9.54. The summed E-state index contributed by atoms with van der Waals surface area (Å²) in [6.07, 6.45) is 1.54. The summed E-state index contributed by atoms with van der Waals surface area (Å²) in [5.41, 5.74) is 6.88. The first-order chi connectivity index (χ1) is 7.22. The van der Waals surface area contributed by atoms with E-state index in [2.05, 4.69) is 20.9 Å². The number of benzene rings is 1. The standard InChI is InChI=1S/C10H7BrN4/c11-7-2-1-3-8(4-7)15-6-14-9(5-12)10(15)13/h1-4,6H,13H2. The minimum absolute atomic E-state index is 0.245. The lowest BCUT2D eigenvalue weighted by Gasteiger charge is -2.04. The quantitative estimate of drug-likeness (QED) is 0.856. The van der Waals surface area contributed by atoms with Gasteiger partial charge in [-0.05, 0) is 18.2 Å². The number of nitrogen functional groups attached to an aromatic ring is 1. The summed E-state index contributed by atoms with van der Waals surface area (Å²) in [5, 5.41) is 8.72. The number of hydrogen-bond acceptors (Lipinski definition) is 3. The van der Waals surface area contributed by atoms with Crippen LogP contribution in [-0.4, -0.2) is 9.55 Å². The van der Waals surface area contributed by atoms with Gasteiger partial charge in [-0.25, -0.2) is 4.98 Å². The van der Waals surface area contributed by atoms with Crippen LogP contribution in [0.3, 0.4) is 0 Å². The van der Waals surface area contributed by atoms with Crippen molar-refractivity contribution in [3.63, 3.8) is 0 Å². The Balaban J connectivity index is 2.56. The normalized spacial score (nSPS) is 9.87. The number of nitrogens with two attached hydrogens (primary N) is 1. The molecule has 15 heavy (non-hydrogen) atoms. The molecule has 1 heterocycles. The zero-order valence-corrected chi connectivity index (χ0v) is 9.27. The Bertz CT molecular complexity index is 539. The minimum atomic E-state index is 0.245. The summed E-state index contributed by atoms with van der Waals surface area (Å²) < 4.78 is 2.62. The second-order valence-electron chi connectivity index (χ2n) is 2.94. The van der Waals surface area contributed by atoms with Crippen LogP contribution in [0, 0.1) is 11.3 Å². The zero-order valence-electron chi connectivity index (χ0n) is 7.68. The van der Waals surface area contributed by atoms with Crippen LogP contribution in [0.1, 0.15) is 5.69 Å². The van der Waals surface area contributed by atoms with E-state index in [1.165, 1.54) is 6.33 Å². The van der Waals surface area contributed by atoms with Gasteiger partial charge in [-0.2, -0.15) is 5.26 Å². The van der Waals surface area contributed by atoms with E-state index < -0.39 is 0 Å². The molecular formula is C10H7BrN4. The molecular weight excluding hydrogens is 256 g/mol. The highest BCUT2D eigenvalue weighted by Crippen LogP contribution is 2.19. The summed E-state index contributed by atoms with van der Waals surface area (Å²) in [4.78, 5) is 3.90. The molecule has 0 amide bonds. The molecule has 5 heteroatoms. The molecule has 0 aliphatic rings. The van der Waals surface area contributed by atoms with Crippen molar-refractivity contribution in [1.29, 1.82) is 5.26 Å². The highest BCUT2D eigenvalue weighted by molar-refractivity contribution is 9.10. The van der Waals surface area contributed by atoms with Crippen molar-refractivity contribution in [3.05, 3.63) is 40.8 Å². The monoisotopic (exact) mass is 262 g/mol. The Hall–Kier alpha value is -1.80. The van der Waals surface area contributed by atoms with Crippen LogP contribution in [0.4, 0.5) is 5.82 Å². The van der Waals surface area contributed by atoms with Gasteiger partial charge in [0.15, 0.2) is 5.69 Å². The predicted molar refractivity (Wildman–Crippen MR) is 60.4 cm³/mol. The average molecular weight is 263 g/mol. The van der Waals surface area contributed by atoms with Crippen molar-refractivity contribution >= 4 is 21.7 Å². The largest absolute Gasteiger partial charge is 0.382 e. The Labute approximate surface area is 95.1 Å². The van der Waals surface area contributed by atoms with Crippen LogP contribution in [0.5, 0.6) is 0 Å². The maximum atomic E-state index is 8.72. The van der Waals surface area contributed by atoms with Crippen LogP contribution >= 0.6 is 15.9 Å². The molecule has 0 fully saturated rings. The molecule has 0 unspecified atom stereocenters. The SMILES string of the molecule is N#Cc1ncn(-c2cccc(Br)c2)c1N. The lowest BCUT2D eigenvalue weighted by Crippen LogP contribution is -1.99. The lowest BCUT2D eigenvalue weighted by molar-refractivity contribution is 1.07. The van der Waals surface area contributed by atoms with Crippen LogP contribution in [0.25, 0.3) is 5.69 Å². The molecule has 74 valence electrons. The Morgan fingerprint density at radius 3 is 2.87 bits per heavy atom. The number of nitrogens with zero attached hydrogens (tertiary/aromatic N) is 3. The number of imidazole rings is 1. The van der Waals surface area contributed by atoms with Gasteiger partial charge in [-0.1, -0.05) is 22.0 Å². The predicted octanol–water partition coefficient (Wildman–Crippen LogP) is 2.09. The van der Waals surface area contributed by atoms with Gasteiger partial charge >= 0.3 is 0 Å². The van der Waals surface area contributed by atoms with Crippen molar-refractivity contribution in [3.8, 4) is 11.8 Å². The van der Waals surface area contributed by atoms with E-state index >= 15 is 0 Å². The minimum Gasteiger partial charge on any atom is -0.382 e. The van der Waals surface area contributed by atoms with E-state index in [9.17, 15) is 0 Å². The van der Waals surface area contributed by atoms with E-state index in [-0.39, 0.29) is 5.69 Å². The van der Waals surface area contributed by atoms with Crippen LogP contribution < -0.4 is 5.73 Å². The third-order valence-corrected chi connectivity index (χ3v) is 2.49. The third kappa shape index (κ3) is 1.72. The van der Waals surface area contributed by atoms with Crippen LogP contribution in [0.2, 0.25) is 0 Å². The van der Waals surface area contributed by atoms with Crippen LogP contribution in [-0.2, 0) is 0 Å². The lowest BCUT2D eigenvalue weighted by atomic mass is 10.3. The van der Waals surface area contributed by atoms with Gasteiger partial charge < -0.3 is 5.73 Å². The first-order valence-electron chi connectivity index (χ1n) is 4.21. The molecule has 0 radical (unpaired) electrons. The molecule has 1 aromatic carbocycles. The maximum Gasteiger partial charge on any atom is 0.182 e. The second kappa shape index (κ2) is 3.75. The molecule has 0 aliphatic heterocycles. The van der Waals surface area contributed by atoms with Gasteiger partial charge in [0, 0.05) is 10.2 Å². The van der Waals surface area contributed by atoms with E-state index in [1.807, 2.05) is 30.3 Å². The summed E-state index contributed by atoms with van der Waals surface area (Å²) in [7, 11) is 0. The summed E-state index contributed by atoms with van der Waals surface area (Å²) in [6.45, 7) is 0. The molecule has 0 bridgehead atoms. The van der Waals surface area contributed by atoms with Crippen molar-refractivity contribution in [1.82, 2.24) is 9.55 Å². The van der Waals surface area contributed by atoms with Gasteiger partial charge in [0.2, 0.25) is 0 Å². The van der Waals surface area contributed by atoms with E-state index in [1.54, 1.807) is 4.57 Å². The van der Waals surface area contributed by atoms with E-state index in [4.69, 9.17) is 11.0 Å². The molecule has 1 aromatic heterocycles. The molecule has 0 saturated carbocycles. The highest BCUT2D eigenvalue weighted by atomic mass is 79.9. The number of halogens is 1. The number of rotatable bonds is 1.